The Hall–Kier alpha value is -1.07. The fraction of sp³-hybridized carbons (Fsp3) is 0.500. The molecule has 20 heavy (non-hydrogen) atoms. The summed E-state index contributed by atoms with van der Waals surface area (Å²) in [5.74, 6) is -0.252. The maximum atomic E-state index is 12.3. The van der Waals surface area contributed by atoms with Gasteiger partial charge in [-0.05, 0) is 37.0 Å². The number of hydrogen-bond donors (Lipinski definition) is 1. The van der Waals surface area contributed by atoms with Crippen LogP contribution in [0.5, 0.6) is 0 Å². The summed E-state index contributed by atoms with van der Waals surface area (Å²) in [6.07, 6.45) is 2.31. The first-order valence-electron chi connectivity index (χ1n) is 6.71. The number of amides is 1. The summed E-state index contributed by atoms with van der Waals surface area (Å²) in [6.45, 7) is 5.90. The first-order chi connectivity index (χ1) is 9.33. The van der Waals surface area contributed by atoms with Crippen LogP contribution in [-0.4, -0.2) is 20.4 Å². The van der Waals surface area contributed by atoms with Crippen molar-refractivity contribution >= 4 is 25.6 Å². The summed E-state index contributed by atoms with van der Waals surface area (Å²) in [7, 11) is 1.50. The predicted molar refractivity (Wildman–Crippen MR) is 80.7 cm³/mol. The van der Waals surface area contributed by atoms with Crippen molar-refractivity contribution in [1.82, 2.24) is 5.32 Å². The highest BCUT2D eigenvalue weighted by atomic mass is 35.7. The largest absolute Gasteiger partial charge is 0.349 e. The van der Waals surface area contributed by atoms with Crippen LogP contribution in [-0.2, 0) is 15.5 Å². The predicted octanol–water partition coefficient (Wildman–Crippen LogP) is 3.09. The van der Waals surface area contributed by atoms with Gasteiger partial charge in [0.25, 0.3) is 15.0 Å². The van der Waals surface area contributed by atoms with Crippen molar-refractivity contribution in [2.75, 3.05) is 0 Å². The van der Waals surface area contributed by atoms with Crippen LogP contribution in [0.15, 0.2) is 23.1 Å². The first kappa shape index (κ1) is 17.0. The van der Waals surface area contributed by atoms with Gasteiger partial charge in [0.05, 0.1) is 4.90 Å². The van der Waals surface area contributed by atoms with Crippen molar-refractivity contribution in [2.45, 2.75) is 51.0 Å². The molecule has 0 spiro atoms. The minimum Gasteiger partial charge on any atom is -0.349 e. The molecule has 1 rings (SSSR count). The van der Waals surface area contributed by atoms with Gasteiger partial charge in [0.1, 0.15) is 0 Å². The third-order valence-corrected chi connectivity index (χ3v) is 4.66. The Morgan fingerprint density at radius 2 is 1.85 bits per heavy atom. The van der Waals surface area contributed by atoms with E-state index in [1.54, 1.807) is 6.07 Å². The normalized spacial score (nSPS) is 11.7. The fourth-order valence-corrected chi connectivity index (χ4v) is 2.76. The van der Waals surface area contributed by atoms with Crippen LogP contribution in [0.4, 0.5) is 0 Å². The molecular weight excluding hydrogens is 298 g/mol. The maximum absolute atomic E-state index is 12.3. The molecule has 0 bridgehead atoms. The lowest BCUT2D eigenvalue weighted by atomic mass is 10.0. The minimum absolute atomic E-state index is 0.0499. The topological polar surface area (TPSA) is 63.2 Å². The molecule has 0 aliphatic rings. The Kier molecular flexibility index (Phi) is 6.02. The van der Waals surface area contributed by atoms with Crippen molar-refractivity contribution in [2.24, 2.45) is 0 Å². The highest BCUT2D eigenvalue weighted by Gasteiger charge is 2.18. The number of carbonyl (C=O) groups excluding carboxylic acids is 1. The van der Waals surface area contributed by atoms with Crippen molar-refractivity contribution in [3.63, 3.8) is 0 Å². The van der Waals surface area contributed by atoms with E-state index in [1.165, 1.54) is 12.1 Å². The quantitative estimate of drug-likeness (QED) is 0.820. The third-order valence-electron chi connectivity index (χ3n) is 3.31. The summed E-state index contributed by atoms with van der Waals surface area (Å²) in [5, 5.41) is 2.91. The number of rotatable bonds is 6. The van der Waals surface area contributed by atoms with E-state index in [0.29, 0.717) is 12.0 Å². The molecule has 0 radical (unpaired) electrons. The molecule has 1 aromatic carbocycles. The summed E-state index contributed by atoms with van der Waals surface area (Å²) in [6, 6.07) is 4.49. The summed E-state index contributed by atoms with van der Waals surface area (Å²) in [4.78, 5) is 12.2. The van der Waals surface area contributed by atoms with Gasteiger partial charge in [-0.1, -0.05) is 26.8 Å². The average Bonchev–Trinajstić information content (AvgIpc) is 2.42. The zero-order chi connectivity index (χ0) is 15.3. The van der Waals surface area contributed by atoms with Crippen molar-refractivity contribution < 1.29 is 13.2 Å². The van der Waals surface area contributed by atoms with E-state index >= 15 is 0 Å². The number of carbonyl (C=O) groups is 1. The number of benzene rings is 1. The molecule has 0 fully saturated rings. The molecule has 0 saturated carbocycles. The second-order valence-electron chi connectivity index (χ2n) is 4.60. The standard InChI is InChI=1S/C14H20ClNO3S/c1-4-10-7-8-12(20(15,18)19)9-13(10)14(17)16-11(5-2)6-3/h7-9,11H,4-6H2,1-3H3,(H,16,17). The smallest absolute Gasteiger partial charge is 0.261 e. The van der Waals surface area contributed by atoms with Gasteiger partial charge in [0, 0.05) is 22.3 Å². The number of aryl methyl sites for hydroxylation is 1. The SMILES string of the molecule is CCc1ccc(S(=O)(=O)Cl)cc1C(=O)NC(CC)CC. The maximum Gasteiger partial charge on any atom is 0.261 e. The molecule has 4 nitrogen and oxygen atoms in total. The van der Waals surface area contributed by atoms with E-state index in [1.807, 2.05) is 20.8 Å². The summed E-state index contributed by atoms with van der Waals surface area (Å²) >= 11 is 0. The molecule has 1 N–H and O–H groups in total. The van der Waals surface area contributed by atoms with E-state index in [4.69, 9.17) is 10.7 Å². The Bertz CT molecular complexity index is 580. The van der Waals surface area contributed by atoms with E-state index in [2.05, 4.69) is 5.32 Å². The molecule has 1 amide bonds. The zero-order valence-corrected chi connectivity index (χ0v) is 13.5. The minimum atomic E-state index is -3.83. The monoisotopic (exact) mass is 317 g/mol. The number of halogens is 1. The molecule has 0 atom stereocenters. The Labute approximate surface area is 124 Å². The van der Waals surface area contributed by atoms with Gasteiger partial charge >= 0.3 is 0 Å². The van der Waals surface area contributed by atoms with Crippen LogP contribution in [0, 0.1) is 0 Å². The average molecular weight is 318 g/mol. The van der Waals surface area contributed by atoms with Gasteiger partial charge < -0.3 is 5.32 Å². The Morgan fingerprint density at radius 3 is 2.30 bits per heavy atom. The molecule has 0 saturated heterocycles. The lowest BCUT2D eigenvalue weighted by molar-refractivity contribution is 0.0933. The first-order valence-corrected chi connectivity index (χ1v) is 9.02. The molecule has 6 heteroatoms. The molecule has 0 aliphatic heterocycles. The van der Waals surface area contributed by atoms with E-state index in [-0.39, 0.29) is 16.8 Å². The lowest BCUT2D eigenvalue weighted by Crippen LogP contribution is -2.34. The second kappa shape index (κ2) is 7.09. The Balaban J connectivity index is 3.17. The van der Waals surface area contributed by atoms with Gasteiger partial charge in [-0.25, -0.2) is 8.42 Å². The molecule has 1 aromatic rings. The third kappa shape index (κ3) is 4.21. The summed E-state index contributed by atoms with van der Waals surface area (Å²) < 4.78 is 22.8. The highest BCUT2D eigenvalue weighted by Crippen LogP contribution is 2.20. The van der Waals surface area contributed by atoms with Crippen molar-refractivity contribution in [3.8, 4) is 0 Å². The number of hydrogen-bond acceptors (Lipinski definition) is 3. The van der Waals surface area contributed by atoms with Gasteiger partial charge in [0.2, 0.25) is 0 Å². The van der Waals surface area contributed by atoms with E-state index in [0.717, 1.165) is 18.4 Å². The van der Waals surface area contributed by atoms with Gasteiger partial charge in [-0.2, -0.15) is 0 Å². The van der Waals surface area contributed by atoms with E-state index < -0.39 is 9.05 Å². The van der Waals surface area contributed by atoms with Gasteiger partial charge in [-0.15, -0.1) is 0 Å². The van der Waals surface area contributed by atoms with Gasteiger partial charge in [0.15, 0.2) is 0 Å². The molecule has 0 aromatic heterocycles. The summed E-state index contributed by atoms with van der Waals surface area (Å²) in [5.41, 5.74) is 1.18. The van der Waals surface area contributed by atoms with Crippen LogP contribution in [0.25, 0.3) is 0 Å². The molecular formula is C14H20ClNO3S. The van der Waals surface area contributed by atoms with Crippen LogP contribution in [0.1, 0.15) is 49.5 Å². The molecule has 0 aliphatic carbocycles. The lowest BCUT2D eigenvalue weighted by Gasteiger charge is -2.16. The highest BCUT2D eigenvalue weighted by molar-refractivity contribution is 8.13. The van der Waals surface area contributed by atoms with Gasteiger partial charge in [-0.3, -0.25) is 4.79 Å². The molecule has 112 valence electrons. The molecule has 0 heterocycles. The molecule has 0 unspecified atom stereocenters. The zero-order valence-electron chi connectivity index (χ0n) is 11.9. The van der Waals surface area contributed by atoms with Crippen molar-refractivity contribution in [3.05, 3.63) is 29.3 Å². The fourth-order valence-electron chi connectivity index (χ4n) is 1.98. The van der Waals surface area contributed by atoms with E-state index in [9.17, 15) is 13.2 Å². The Morgan fingerprint density at radius 1 is 1.25 bits per heavy atom. The van der Waals surface area contributed by atoms with Crippen molar-refractivity contribution in [1.29, 1.82) is 0 Å². The van der Waals surface area contributed by atoms with Crippen LogP contribution >= 0.6 is 10.7 Å². The second-order valence-corrected chi connectivity index (χ2v) is 7.16. The van der Waals surface area contributed by atoms with Crippen LogP contribution in [0.3, 0.4) is 0 Å². The van der Waals surface area contributed by atoms with Crippen LogP contribution < -0.4 is 5.32 Å². The van der Waals surface area contributed by atoms with Crippen LogP contribution in [0.2, 0.25) is 0 Å². The number of nitrogens with one attached hydrogen (secondary N) is 1.